The first kappa shape index (κ1) is 19.4. The number of carbonyl (C=O) groups is 1. The van der Waals surface area contributed by atoms with Crippen LogP contribution >= 0.6 is 11.6 Å². The summed E-state index contributed by atoms with van der Waals surface area (Å²) in [5.74, 6) is 0.0311. The van der Waals surface area contributed by atoms with E-state index in [9.17, 15) is 4.79 Å². The summed E-state index contributed by atoms with van der Waals surface area (Å²) in [7, 11) is 0. The minimum Gasteiger partial charge on any atom is -0.373 e. The number of morpholine rings is 1. The van der Waals surface area contributed by atoms with Crippen molar-refractivity contribution in [2.45, 2.75) is 31.9 Å². The zero-order chi connectivity index (χ0) is 19.5. The van der Waals surface area contributed by atoms with E-state index in [0.29, 0.717) is 23.7 Å². The quantitative estimate of drug-likeness (QED) is 0.768. The van der Waals surface area contributed by atoms with Crippen LogP contribution in [0.4, 0.5) is 0 Å². The first-order valence-corrected chi connectivity index (χ1v) is 10.5. The van der Waals surface area contributed by atoms with Gasteiger partial charge in [0, 0.05) is 23.7 Å². The van der Waals surface area contributed by atoms with Gasteiger partial charge in [0.05, 0.1) is 18.8 Å². The molecule has 2 aromatic carbocycles. The molecule has 2 aliphatic heterocycles. The van der Waals surface area contributed by atoms with Gasteiger partial charge in [-0.15, -0.1) is 0 Å². The van der Waals surface area contributed by atoms with E-state index in [-0.39, 0.29) is 18.1 Å². The van der Waals surface area contributed by atoms with Gasteiger partial charge in [-0.25, -0.2) is 0 Å². The SMILES string of the molecule is Cc1ccc(Cl)cc1C(=O)N1CCO[C@@H](CN2CCCC2)[C@@H]1c1ccccc1. The number of hydrogen-bond donors (Lipinski definition) is 0. The number of rotatable bonds is 4. The number of aryl methyl sites for hydroxylation is 1. The van der Waals surface area contributed by atoms with Crippen molar-refractivity contribution in [1.29, 1.82) is 0 Å². The molecule has 2 aromatic rings. The van der Waals surface area contributed by atoms with Gasteiger partial charge < -0.3 is 14.5 Å². The summed E-state index contributed by atoms with van der Waals surface area (Å²) in [5, 5.41) is 0.590. The fourth-order valence-electron chi connectivity index (χ4n) is 4.36. The average molecular weight is 399 g/mol. The molecule has 2 aliphatic rings. The van der Waals surface area contributed by atoms with Crippen LogP contribution in [0.3, 0.4) is 0 Å². The van der Waals surface area contributed by atoms with Gasteiger partial charge in [-0.2, -0.15) is 0 Å². The molecule has 5 heteroatoms. The lowest BCUT2D eigenvalue weighted by atomic mass is 9.96. The highest BCUT2D eigenvalue weighted by molar-refractivity contribution is 6.31. The highest BCUT2D eigenvalue weighted by atomic mass is 35.5. The molecule has 28 heavy (non-hydrogen) atoms. The molecule has 0 aromatic heterocycles. The number of ether oxygens (including phenoxy) is 1. The Morgan fingerprint density at radius 3 is 2.61 bits per heavy atom. The van der Waals surface area contributed by atoms with Gasteiger partial charge in [0.1, 0.15) is 0 Å². The van der Waals surface area contributed by atoms with Crippen LogP contribution in [0, 0.1) is 6.92 Å². The minimum absolute atomic E-state index is 0.0299. The summed E-state index contributed by atoms with van der Waals surface area (Å²) in [6.45, 7) is 6.20. The Morgan fingerprint density at radius 2 is 1.86 bits per heavy atom. The molecule has 0 radical (unpaired) electrons. The summed E-state index contributed by atoms with van der Waals surface area (Å²) < 4.78 is 6.22. The third-order valence-electron chi connectivity index (χ3n) is 5.82. The van der Waals surface area contributed by atoms with Crippen LogP contribution in [0.2, 0.25) is 5.02 Å². The van der Waals surface area contributed by atoms with Gasteiger partial charge in [0.2, 0.25) is 0 Å². The normalized spacial score (nSPS) is 23.1. The molecule has 2 saturated heterocycles. The second kappa shape index (κ2) is 8.64. The molecule has 0 bridgehead atoms. The van der Waals surface area contributed by atoms with Gasteiger partial charge in [-0.1, -0.05) is 48.0 Å². The summed E-state index contributed by atoms with van der Waals surface area (Å²) in [6.07, 6.45) is 2.46. The molecule has 2 fully saturated rings. The van der Waals surface area contributed by atoms with E-state index in [1.54, 1.807) is 6.07 Å². The summed E-state index contributed by atoms with van der Waals surface area (Å²) in [5.41, 5.74) is 2.75. The van der Waals surface area contributed by atoms with Gasteiger partial charge in [0.15, 0.2) is 0 Å². The van der Waals surface area contributed by atoms with Crippen LogP contribution in [0.25, 0.3) is 0 Å². The Balaban J connectivity index is 1.67. The van der Waals surface area contributed by atoms with Crippen LogP contribution in [0.15, 0.2) is 48.5 Å². The molecule has 0 unspecified atom stereocenters. The monoisotopic (exact) mass is 398 g/mol. The van der Waals surface area contributed by atoms with E-state index in [0.717, 1.165) is 30.8 Å². The van der Waals surface area contributed by atoms with Crippen molar-refractivity contribution >= 4 is 17.5 Å². The number of likely N-dealkylation sites (tertiary alicyclic amines) is 1. The van der Waals surface area contributed by atoms with E-state index in [1.165, 1.54) is 12.8 Å². The molecule has 4 nitrogen and oxygen atoms in total. The van der Waals surface area contributed by atoms with Gasteiger partial charge in [0.25, 0.3) is 5.91 Å². The molecule has 0 spiro atoms. The van der Waals surface area contributed by atoms with Crippen molar-refractivity contribution in [3.8, 4) is 0 Å². The summed E-state index contributed by atoms with van der Waals surface area (Å²) >= 11 is 6.19. The summed E-state index contributed by atoms with van der Waals surface area (Å²) in [6, 6.07) is 15.7. The fourth-order valence-corrected chi connectivity index (χ4v) is 4.53. The van der Waals surface area contributed by atoms with Crippen molar-refractivity contribution in [3.05, 3.63) is 70.2 Å². The Kier molecular flexibility index (Phi) is 6.00. The Morgan fingerprint density at radius 1 is 1.11 bits per heavy atom. The van der Waals surface area contributed by atoms with Gasteiger partial charge in [-0.3, -0.25) is 4.79 Å². The van der Waals surface area contributed by atoms with Crippen LogP contribution in [0.1, 0.15) is 40.4 Å². The molecule has 0 aliphatic carbocycles. The number of hydrogen-bond acceptors (Lipinski definition) is 3. The molecule has 1 amide bonds. The van der Waals surface area contributed by atoms with E-state index in [1.807, 2.05) is 42.2 Å². The number of amides is 1. The van der Waals surface area contributed by atoms with Crippen molar-refractivity contribution in [2.75, 3.05) is 32.8 Å². The fraction of sp³-hybridized carbons (Fsp3) is 0.435. The van der Waals surface area contributed by atoms with Crippen molar-refractivity contribution in [3.63, 3.8) is 0 Å². The van der Waals surface area contributed by atoms with E-state index in [2.05, 4.69) is 17.0 Å². The van der Waals surface area contributed by atoms with Crippen molar-refractivity contribution in [1.82, 2.24) is 9.80 Å². The molecular weight excluding hydrogens is 372 g/mol. The van der Waals surface area contributed by atoms with Crippen LogP contribution < -0.4 is 0 Å². The zero-order valence-corrected chi connectivity index (χ0v) is 17.1. The Bertz CT molecular complexity index is 821. The highest BCUT2D eigenvalue weighted by Gasteiger charge is 2.38. The smallest absolute Gasteiger partial charge is 0.254 e. The standard InChI is InChI=1S/C23H27ClN2O2/c1-17-9-10-19(24)15-20(17)23(27)26-13-14-28-21(16-25-11-5-6-12-25)22(26)18-7-3-2-4-8-18/h2-4,7-10,15,21-22H,5-6,11-14,16H2,1H3/t21-,22-/m0/s1. The predicted molar refractivity (Wildman–Crippen MR) is 112 cm³/mol. The van der Waals surface area contributed by atoms with Crippen LogP contribution in [-0.2, 0) is 4.74 Å². The van der Waals surface area contributed by atoms with E-state index >= 15 is 0 Å². The predicted octanol–water partition coefficient (Wildman–Crippen LogP) is 4.33. The van der Waals surface area contributed by atoms with Crippen molar-refractivity contribution in [2.24, 2.45) is 0 Å². The number of benzene rings is 2. The third kappa shape index (κ3) is 4.09. The number of halogens is 1. The lowest BCUT2D eigenvalue weighted by Gasteiger charge is -2.43. The lowest BCUT2D eigenvalue weighted by Crippen LogP contribution is -2.51. The van der Waals surface area contributed by atoms with Crippen LogP contribution in [0.5, 0.6) is 0 Å². The third-order valence-corrected chi connectivity index (χ3v) is 6.06. The maximum Gasteiger partial charge on any atom is 0.254 e. The maximum absolute atomic E-state index is 13.5. The minimum atomic E-state index is -0.0959. The molecule has 4 rings (SSSR count). The van der Waals surface area contributed by atoms with Crippen LogP contribution in [-0.4, -0.2) is 54.6 Å². The van der Waals surface area contributed by atoms with Gasteiger partial charge >= 0.3 is 0 Å². The maximum atomic E-state index is 13.5. The number of carbonyl (C=O) groups excluding carboxylic acids is 1. The molecule has 2 heterocycles. The number of nitrogens with zero attached hydrogens (tertiary/aromatic N) is 2. The average Bonchev–Trinajstić information content (AvgIpc) is 3.23. The molecule has 148 valence electrons. The molecule has 0 saturated carbocycles. The largest absolute Gasteiger partial charge is 0.373 e. The second-order valence-electron chi connectivity index (χ2n) is 7.73. The Hall–Kier alpha value is -1.88. The topological polar surface area (TPSA) is 32.8 Å². The first-order chi connectivity index (χ1) is 13.6. The summed E-state index contributed by atoms with van der Waals surface area (Å²) in [4.78, 5) is 18.0. The highest BCUT2D eigenvalue weighted by Crippen LogP contribution is 2.33. The van der Waals surface area contributed by atoms with Crippen molar-refractivity contribution < 1.29 is 9.53 Å². The lowest BCUT2D eigenvalue weighted by molar-refractivity contribution is -0.0707. The molecular formula is C23H27ClN2O2. The molecule has 2 atom stereocenters. The Labute approximate surface area is 172 Å². The molecule has 0 N–H and O–H groups in total. The first-order valence-electron chi connectivity index (χ1n) is 10.1. The van der Waals surface area contributed by atoms with E-state index < -0.39 is 0 Å². The second-order valence-corrected chi connectivity index (χ2v) is 8.17. The van der Waals surface area contributed by atoms with Gasteiger partial charge in [-0.05, 0) is 56.1 Å². The van der Waals surface area contributed by atoms with E-state index in [4.69, 9.17) is 16.3 Å². The zero-order valence-electron chi connectivity index (χ0n) is 16.3.